The number of hydrogen-bond donors (Lipinski definition) is 1. The maximum Gasteiger partial charge on any atom is 0.435 e. The predicted octanol–water partition coefficient (Wildman–Crippen LogP) is 2.21. The molecule has 0 aromatic carbocycles. The van der Waals surface area contributed by atoms with Crippen molar-refractivity contribution in [1.29, 1.82) is 0 Å². The number of alkyl halides is 3. The Kier molecular flexibility index (Phi) is 1.90. The summed E-state index contributed by atoms with van der Waals surface area (Å²) in [6.45, 7) is 0. The Hall–Kier alpha value is -1.79. The summed E-state index contributed by atoms with van der Waals surface area (Å²) < 4.78 is 38.8. The van der Waals surface area contributed by atoms with Gasteiger partial charge >= 0.3 is 6.18 Å². The summed E-state index contributed by atoms with van der Waals surface area (Å²) in [5.74, 6) is 0.210. The summed E-state index contributed by atoms with van der Waals surface area (Å²) in [6.07, 6.45) is -1.19. The normalized spacial score (nSPS) is 16.6. The van der Waals surface area contributed by atoms with Crippen molar-refractivity contribution >= 4 is 11.3 Å². The standard InChI is InChI=1S/C10H9F3N4/c11-10(12,13)7-3-8-15-4-6(14)9(5-1-2-5)17(8)16-7/h3-5H,1-2,14H2. The second kappa shape index (κ2) is 3.12. The van der Waals surface area contributed by atoms with Gasteiger partial charge in [-0.25, -0.2) is 9.50 Å². The third kappa shape index (κ3) is 1.62. The molecule has 4 nitrogen and oxygen atoms in total. The van der Waals surface area contributed by atoms with Crippen molar-refractivity contribution in [2.75, 3.05) is 5.73 Å². The van der Waals surface area contributed by atoms with Gasteiger partial charge in [0.2, 0.25) is 0 Å². The van der Waals surface area contributed by atoms with Crippen LogP contribution in [-0.2, 0) is 6.18 Å². The number of nitrogens with zero attached hydrogens (tertiary/aromatic N) is 3. The van der Waals surface area contributed by atoms with Crippen LogP contribution in [0.1, 0.15) is 30.1 Å². The van der Waals surface area contributed by atoms with E-state index >= 15 is 0 Å². The number of hydrogen-bond acceptors (Lipinski definition) is 3. The lowest BCUT2D eigenvalue weighted by Crippen LogP contribution is -2.08. The molecule has 7 heteroatoms. The van der Waals surface area contributed by atoms with Gasteiger partial charge in [-0.05, 0) is 12.8 Å². The molecule has 2 heterocycles. The van der Waals surface area contributed by atoms with Crippen molar-refractivity contribution in [2.45, 2.75) is 24.9 Å². The molecule has 0 spiro atoms. The van der Waals surface area contributed by atoms with Gasteiger partial charge in [0.15, 0.2) is 11.3 Å². The maximum absolute atomic E-state index is 12.5. The number of nitrogen functional groups attached to an aromatic ring is 1. The quantitative estimate of drug-likeness (QED) is 0.834. The SMILES string of the molecule is Nc1cnc2cc(C(F)(F)F)nn2c1C1CC1. The van der Waals surface area contributed by atoms with E-state index in [-0.39, 0.29) is 11.6 Å². The van der Waals surface area contributed by atoms with Gasteiger partial charge in [0, 0.05) is 12.0 Å². The van der Waals surface area contributed by atoms with Crippen molar-refractivity contribution in [3.05, 3.63) is 23.7 Å². The predicted molar refractivity (Wildman–Crippen MR) is 54.4 cm³/mol. The van der Waals surface area contributed by atoms with Gasteiger partial charge in [0.1, 0.15) is 0 Å². The molecule has 90 valence electrons. The highest BCUT2D eigenvalue weighted by Crippen LogP contribution is 2.42. The third-order valence-electron chi connectivity index (χ3n) is 2.80. The number of rotatable bonds is 1. The molecule has 17 heavy (non-hydrogen) atoms. The zero-order chi connectivity index (χ0) is 12.2. The second-order valence-corrected chi connectivity index (χ2v) is 4.17. The van der Waals surface area contributed by atoms with E-state index in [0.29, 0.717) is 11.4 Å². The Morgan fingerprint density at radius 1 is 1.35 bits per heavy atom. The van der Waals surface area contributed by atoms with Gasteiger partial charge in [0.05, 0.1) is 17.6 Å². The highest BCUT2D eigenvalue weighted by Gasteiger charge is 2.36. The summed E-state index contributed by atoms with van der Waals surface area (Å²) >= 11 is 0. The average Bonchev–Trinajstić information content (AvgIpc) is 2.94. The van der Waals surface area contributed by atoms with Gasteiger partial charge < -0.3 is 5.73 Å². The molecular weight excluding hydrogens is 233 g/mol. The zero-order valence-corrected chi connectivity index (χ0v) is 8.70. The highest BCUT2D eigenvalue weighted by molar-refractivity contribution is 5.52. The fraction of sp³-hybridized carbons (Fsp3) is 0.400. The Morgan fingerprint density at radius 3 is 2.65 bits per heavy atom. The summed E-state index contributed by atoms with van der Waals surface area (Å²) in [7, 11) is 0. The Morgan fingerprint density at radius 2 is 2.06 bits per heavy atom. The molecule has 0 atom stereocenters. The van der Waals surface area contributed by atoms with E-state index < -0.39 is 11.9 Å². The molecule has 2 N–H and O–H groups in total. The Labute approximate surface area is 94.2 Å². The minimum Gasteiger partial charge on any atom is -0.396 e. The lowest BCUT2D eigenvalue weighted by molar-refractivity contribution is -0.141. The van der Waals surface area contributed by atoms with Crippen molar-refractivity contribution in [3.8, 4) is 0 Å². The van der Waals surface area contributed by atoms with Crippen LogP contribution in [0.25, 0.3) is 5.65 Å². The molecule has 0 amide bonds. The van der Waals surface area contributed by atoms with Crippen molar-refractivity contribution < 1.29 is 13.2 Å². The molecule has 1 fully saturated rings. The molecule has 0 radical (unpaired) electrons. The number of anilines is 1. The van der Waals surface area contributed by atoms with Gasteiger partial charge in [-0.3, -0.25) is 0 Å². The lowest BCUT2D eigenvalue weighted by Gasteiger charge is -2.05. The first-order chi connectivity index (χ1) is 7.97. The monoisotopic (exact) mass is 242 g/mol. The second-order valence-electron chi connectivity index (χ2n) is 4.17. The van der Waals surface area contributed by atoms with Crippen LogP contribution in [0.5, 0.6) is 0 Å². The number of fused-ring (bicyclic) bond motifs is 1. The number of nitrogens with two attached hydrogens (primary N) is 1. The minimum absolute atomic E-state index is 0.188. The molecular formula is C10H9F3N4. The Bertz CT molecular complexity index is 583. The number of aromatic nitrogens is 3. The first-order valence-corrected chi connectivity index (χ1v) is 5.18. The van der Waals surface area contributed by atoms with Gasteiger partial charge in [0.25, 0.3) is 0 Å². The van der Waals surface area contributed by atoms with Crippen LogP contribution in [0, 0.1) is 0 Å². The summed E-state index contributed by atoms with van der Waals surface area (Å²) in [5.41, 5.74) is 6.04. The van der Waals surface area contributed by atoms with Crippen LogP contribution in [0.3, 0.4) is 0 Å². The minimum atomic E-state index is -4.46. The molecule has 1 saturated carbocycles. The molecule has 0 unspecified atom stereocenters. The van der Waals surface area contributed by atoms with Crippen LogP contribution in [0.2, 0.25) is 0 Å². The molecule has 0 saturated heterocycles. The van der Waals surface area contributed by atoms with E-state index in [4.69, 9.17) is 5.73 Å². The van der Waals surface area contributed by atoms with Gasteiger partial charge in [-0.1, -0.05) is 0 Å². The van der Waals surface area contributed by atoms with E-state index in [1.165, 1.54) is 10.7 Å². The van der Waals surface area contributed by atoms with Crippen LogP contribution in [0.4, 0.5) is 18.9 Å². The lowest BCUT2D eigenvalue weighted by atomic mass is 10.2. The molecule has 3 rings (SSSR count). The first kappa shape index (κ1) is 10.4. The third-order valence-corrected chi connectivity index (χ3v) is 2.80. The Balaban J connectivity index is 2.25. The average molecular weight is 242 g/mol. The molecule has 2 aromatic rings. The van der Waals surface area contributed by atoms with E-state index in [2.05, 4.69) is 10.1 Å². The molecule has 1 aliphatic rings. The van der Waals surface area contributed by atoms with Crippen molar-refractivity contribution in [2.24, 2.45) is 0 Å². The summed E-state index contributed by atoms with van der Waals surface area (Å²) in [5, 5.41) is 3.56. The van der Waals surface area contributed by atoms with Crippen molar-refractivity contribution in [1.82, 2.24) is 14.6 Å². The van der Waals surface area contributed by atoms with Crippen molar-refractivity contribution in [3.63, 3.8) is 0 Å². The van der Waals surface area contributed by atoms with E-state index in [1.807, 2.05) is 0 Å². The molecule has 0 aliphatic heterocycles. The largest absolute Gasteiger partial charge is 0.435 e. The maximum atomic E-state index is 12.5. The highest BCUT2D eigenvalue weighted by atomic mass is 19.4. The van der Waals surface area contributed by atoms with Gasteiger partial charge in [-0.15, -0.1) is 0 Å². The van der Waals surface area contributed by atoms with Crippen LogP contribution in [-0.4, -0.2) is 14.6 Å². The van der Waals surface area contributed by atoms with E-state index in [0.717, 1.165) is 18.9 Å². The molecule has 2 aromatic heterocycles. The van der Waals surface area contributed by atoms with E-state index in [1.54, 1.807) is 0 Å². The fourth-order valence-corrected chi connectivity index (χ4v) is 1.87. The summed E-state index contributed by atoms with van der Waals surface area (Å²) in [4.78, 5) is 3.86. The fourth-order valence-electron chi connectivity index (χ4n) is 1.87. The van der Waals surface area contributed by atoms with E-state index in [9.17, 15) is 13.2 Å². The molecule has 0 bridgehead atoms. The van der Waals surface area contributed by atoms with Crippen LogP contribution in [0.15, 0.2) is 12.3 Å². The topological polar surface area (TPSA) is 56.2 Å². The van der Waals surface area contributed by atoms with Crippen LogP contribution >= 0.6 is 0 Å². The molecule has 1 aliphatic carbocycles. The van der Waals surface area contributed by atoms with Gasteiger partial charge in [-0.2, -0.15) is 18.3 Å². The smallest absolute Gasteiger partial charge is 0.396 e. The van der Waals surface area contributed by atoms with Crippen LogP contribution < -0.4 is 5.73 Å². The first-order valence-electron chi connectivity index (χ1n) is 5.18. The zero-order valence-electron chi connectivity index (χ0n) is 8.70. The summed E-state index contributed by atoms with van der Waals surface area (Å²) in [6, 6.07) is 0.936. The number of halogens is 3.